The normalized spacial score (nSPS) is 29.0. The van der Waals surface area contributed by atoms with Crippen molar-refractivity contribution in [1.29, 1.82) is 0 Å². The Morgan fingerprint density at radius 2 is 1.46 bits per heavy atom. The number of ether oxygens (including phenoxy) is 1. The summed E-state index contributed by atoms with van der Waals surface area (Å²) in [7, 11) is 2.84. The third-order valence-corrected chi connectivity index (χ3v) is 11.5. The number of aliphatic imine (C=N–C) groups is 1. The highest BCUT2D eigenvalue weighted by atomic mass is 32.2. The summed E-state index contributed by atoms with van der Waals surface area (Å²) in [4.78, 5) is 117. The van der Waals surface area contributed by atoms with Crippen molar-refractivity contribution < 1.29 is 53.3 Å². The van der Waals surface area contributed by atoms with Gasteiger partial charge in [0.1, 0.15) is 48.6 Å². The molecule has 2 aliphatic heterocycles. The van der Waals surface area contributed by atoms with Crippen molar-refractivity contribution >= 4 is 64.1 Å². The standard InChI is InChI=1S/C40H66N8O11S.CH4/c1-13-24-38(56)48(16-4)27(14-2)34(53)45-30(23(10)49)39(57)47(12)31(21(7)8)40(58)59-18-29(50)35(54)41-22(9)32(51)43-25(17-20(5)6)37(55)46(11)28(15-3)36-44-26(19-60-36)33(52)42-24;/h13,20-23,25-31,49-50H,14-19H2,1-12H3,(H,41,54)(H,42,52)(H,43,51)(H,45,53);1H4/b24-13-;. The fourth-order valence-electron chi connectivity index (χ4n) is 6.95. The summed E-state index contributed by atoms with van der Waals surface area (Å²) in [5.41, 5.74) is -0.113. The molecule has 2 bridgehead atoms. The lowest BCUT2D eigenvalue weighted by Crippen LogP contribution is -2.60. The Morgan fingerprint density at radius 3 is 1.97 bits per heavy atom. The number of allylic oxidation sites excluding steroid dienone is 1. The van der Waals surface area contributed by atoms with Crippen LogP contribution in [0.3, 0.4) is 0 Å². The Kier molecular flexibility index (Phi) is 22.1. The first-order chi connectivity index (χ1) is 28.1. The molecule has 61 heavy (non-hydrogen) atoms. The molecule has 19 nitrogen and oxygen atoms in total. The van der Waals surface area contributed by atoms with Gasteiger partial charge in [0.15, 0.2) is 6.10 Å². The minimum atomic E-state index is -1.92. The van der Waals surface area contributed by atoms with Crippen LogP contribution >= 0.6 is 11.8 Å². The van der Waals surface area contributed by atoms with Gasteiger partial charge in [-0.1, -0.05) is 55.0 Å². The number of hydrogen-bond acceptors (Lipinski definition) is 13. The minimum absolute atomic E-state index is 0. The second kappa shape index (κ2) is 24.8. The fraction of sp³-hybridized carbons (Fsp3) is 0.732. The lowest BCUT2D eigenvalue weighted by atomic mass is 10.0. The lowest BCUT2D eigenvalue weighted by Gasteiger charge is -2.35. The third kappa shape index (κ3) is 14.2. The van der Waals surface area contributed by atoms with Crippen LogP contribution in [0, 0.1) is 11.8 Å². The van der Waals surface area contributed by atoms with Crippen LogP contribution in [0.2, 0.25) is 0 Å². The van der Waals surface area contributed by atoms with E-state index in [1.807, 2.05) is 20.8 Å². The number of esters is 1. The second-order valence-corrected chi connectivity index (χ2v) is 16.8. The van der Waals surface area contributed by atoms with Crippen molar-refractivity contribution in [3.05, 3.63) is 11.8 Å². The van der Waals surface area contributed by atoms with Crippen molar-refractivity contribution in [3.8, 4) is 0 Å². The van der Waals surface area contributed by atoms with Crippen LogP contribution < -0.4 is 21.3 Å². The zero-order valence-electron chi connectivity index (χ0n) is 36.9. The Balaban J connectivity index is 0.0000186. The average Bonchev–Trinajstić information content (AvgIpc) is 3.68. The maximum atomic E-state index is 14.0. The van der Waals surface area contributed by atoms with E-state index in [0.717, 1.165) is 4.90 Å². The first-order valence-corrected chi connectivity index (χ1v) is 21.5. The van der Waals surface area contributed by atoms with Crippen LogP contribution in [-0.4, -0.2) is 165 Å². The molecule has 0 spiro atoms. The molecule has 0 radical (unpaired) electrons. The summed E-state index contributed by atoms with van der Waals surface area (Å²) in [5.74, 6) is -6.52. The zero-order valence-corrected chi connectivity index (χ0v) is 37.8. The molecular weight excluding hydrogens is 813 g/mol. The molecule has 9 atom stereocenters. The molecule has 20 heteroatoms. The van der Waals surface area contributed by atoms with E-state index in [2.05, 4.69) is 26.3 Å². The number of cyclic esters (lactones) is 1. The highest BCUT2D eigenvalue weighted by molar-refractivity contribution is 8.14. The van der Waals surface area contributed by atoms with E-state index in [1.54, 1.807) is 41.7 Å². The van der Waals surface area contributed by atoms with Crippen LogP contribution in [0.5, 0.6) is 0 Å². The van der Waals surface area contributed by atoms with E-state index in [0.29, 0.717) is 11.5 Å². The van der Waals surface area contributed by atoms with Gasteiger partial charge in [0.25, 0.3) is 11.8 Å². The summed E-state index contributed by atoms with van der Waals surface area (Å²) in [6, 6.07) is -7.78. The highest BCUT2D eigenvalue weighted by Gasteiger charge is 2.40. The van der Waals surface area contributed by atoms with Gasteiger partial charge < -0.3 is 50.9 Å². The fourth-order valence-corrected chi connectivity index (χ4v) is 8.23. The number of amides is 7. The van der Waals surface area contributed by atoms with Crippen molar-refractivity contribution in [2.75, 3.05) is 33.0 Å². The number of nitrogens with one attached hydrogen (secondary N) is 4. The summed E-state index contributed by atoms with van der Waals surface area (Å²) >= 11 is 1.29. The maximum absolute atomic E-state index is 14.0. The quantitative estimate of drug-likeness (QED) is 0.149. The van der Waals surface area contributed by atoms with Crippen LogP contribution in [0.1, 0.15) is 95.9 Å². The molecule has 0 fully saturated rings. The van der Waals surface area contributed by atoms with Gasteiger partial charge in [-0.2, -0.15) is 0 Å². The predicted octanol–water partition coefficient (Wildman–Crippen LogP) is 0.322. The number of fused-ring (bicyclic) bond motifs is 1. The topological polar surface area (TPSA) is 256 Å². The van der Waals surface area contributed by atoms with E-state index >= 15 is 0 Å². The number of carbonyl (C=O) groups excluding carboxylic acids is 8. The SMILES string of the molecule is C.C/C=C1\NC(=O)C2CSC(=N2)C(CC)N(C)C(=O)C(CC(C)C)NC(=O)C(C)NC(=O)C(O)COC(=O)C(C(C)C)N(C)C(=O)C(C(C)O)NC(=O)C(CC)N(CC)C1=O. The lowest BCUT2D eigenvalue weighted by molar-refractivity contribution is -0.161. The zero-order chi connectivity index (χ0) is 45.8. The number of thioether (sulfide) groups is 1. The number of rotatable bonds is 7. The third-order valence-electron chi connectivity index (χ3n) is 10.3. The Bertz CT molecular complexity index is 1650. The van der Waals surface area contributed by atoms with E-state index in [1.165, 1.54) is 48.5 Å². The van der Waals surface area contributed by atoms with Gasteiger partial charge in [0.2, 0.25) is 29.5 Å². The van der Waals surface area contributed by atoms with Crippen molar-refractivity contribution in [3.63, 3.8) is 0 Å². The van der Waals surface area contributed by atoms with Crippen LogP contribution in [-0.2, 0) is 43.1 Å². The molecule has 7 amide bonds. The first-order valence-electron chi connectivity index (χ1n) is 20.5. The summed E-state index contributed by atoms with van der Waals surface area (Å²) in [6.07, 6.45) is -1.24. The highest BCUT2D eigenvalue weighted by Crippen LogP contribution is 2.26. The number of likely N-dealkylation sites (N-methyl/N-ethyl adjacent to an activating group) is 3. The van der Waals surface area contributed by atoms with Crippen molar-refractivity contribution in [2.24, 2.45) is 16.8 Å². The monoisotopic (exact) mass is 882 g/mol. The Morgan fingerprint density at radius 1 is 0.852 bits per heavy atom. The molecule has 6 N–H and O–H groups in total. The molecule has 0 aromatic heterocycles. The van der Waals surface area contributed by atoms with Gasteiger partial charge in [-0.05, 0) is 58.8 Å². The first kappa shape index (κ1) is 54.5. The molecule has 0 aliphatic carbocycles. The molecule has 0 aromatic carbocycles. The summed E-state index contributed by atoms with van der Waals surface area (Å²) in [6.45, 7) is 15.5. The molecule has 2 heterocycles. The molecule has 2 aliphatic rings. The van der Waals surface area contributed by atoms with Gasteiger partial charge in [-0.3, -0.25) is 38.6 Å². The predicted molar refractivity (Wildman–Crippen MR) is 232 cm³/mol. The largest absolute Gasteiger partial charge is 0.461 e. The summed E-state index contributed by atoms with van der Waals surface area (Å²) in [5, 5.41) is 32.1. The van der Waals surface area contributed by atoms with Gasteiger partial charge in [-0.15, -0.1) is 11.8 Å². The minimum Gasteiger partial charge on any atom is -0.461 e. The number of aliphatic hydroxyl groups excluding tert-OH is 2. The molecule has 0 saturated carbocycles. The van der Waals surface area contributed by atoms with Crippen LogP contribution in [0.25, 0.3) is 0 Å². The van der Waals surface area contributed by atoms with Crippen LogP contribution in [0.4, 0.5) is 0 Å². The molecule has 346 valence electrons. The van der Waals surface area contributed by atoms with E-state index in [9.17, 15) is 48.6 Å². The van der Waals surface area contributed by atoms with E-state index in [-0.39, 0.29) is 44.2 Å². The number of nitrogens with zero attached hydrogens (tertiary/aromatic N) is 4. The van der Waals surface area contributed by atoms with Crippen molar-refractivity contribution in [2.45, 2.75) is 150 Å². The Hall–Kier alpha value is -4.56. The Labute approximate surface area is 364 Å². The molecule has 9 unspecified atom stereocenters. The van der Waals surface area contributed by atoms with Gasteiger partial charge >= 0.3 is 5.97 Å². The van der Waals surface area contributed by atoms with Crippen molar-refractivity contribution in [1.82, 2.24) is 36.0 Å². The van der Waals surface area contributed by atoms with Crippen LogP contribution in [0.15, 0.2) is 16.8 Å². The number of carbonyl (C=O) groups is 8. The molecule has 0 saturated heterocycles. The number of hydrogen-bond donors (Lipinski definition) is 6. The maximum Gasteiger partial charge on any atom is 0.329 e. The average molecular weight is 883 g/mol. The summed E-state index contributed by atoms with van der Waals surface area (Å²) < 4.78 is 5.27. The second-order valence-electron chi connectivity index (χ2n) is 15.8. The van der Waals surface area contributed by atoms with Gasteiger partial charge in [0.05, 0.1) is 17.2 Å². The molecule has 0 aromatic rings. The van der Waals surface area contributed by atoms with E-state index < -0.39 is 114 Å². The smallest absolute Gasteiger partial charge is 0.329 e. The van der Waals surface area contributed by atoms with E-state index in [4.69, 9.17) is 4.74 Å². The van der Waals surface area contributed by atoms with Gasteiger partial charge in [0, 0.05) is 26.4 Å². The molecule has 2 rings (SSSR count). The molecular formula is C41H70N8O11S. The number of aliphatic hydroxyl groups is 2. The van der Waals surface area contributed by atoms with Gasteiger partial charge in [-0.25, -0.2) is 4.79 Å².